The van der Waals surface area contributed by atoms with Crippen LogP contribution in [0.25, 0.3) is 11.0 Å². The van der Waals surface area contributed by atoms with Crippen molar-refractivity contribution in [3.8, 4) is 0 Å². The van der Waals surface area contributed by atoms with E-state index >= 15 is 0 Å². The minimum atomic E-state index is -4.09. The van der Waals surface area contributed by atoms with Crippen LogP contribution in [-0.4, -0.2) is 30.4 Å². The van der Waals surface area contributed by atoms with Crippen LogP contribution in [0.15, 0.2) is 87.5 Å². The average molecular weight is 496 g/mol. The summed E-state index contributed by atoms with van der Waals surface area (Å²) in [5, 5.41) is 3.61. The minimum Gasteiger partial charge on any atom is -0.354 e. The molecule has 4 rings (SSSR count). The number of pyridine rings is 2. The highest BCUT2D eigenvalue weighted by Crippen LogP contribution is 2.20. The number of aryl methyl sites for hydroxylation is 1. The van der Waals surface area contributed by atoms with Gasteiger partial charge in [-0.05, 0) is 55.3 Å². The van der Waals surface area contributed by atoms with E-state index in [4.69, 9.17) is 11.6 Å². The van der Waals surface area contributed by atoms with Crippen LogP contribution >= 0.6 is 11.6 Å². The van der Waals surface area contributed by atoms with Crippen LogP contribution in [0.5, 0.6) is 0 Å². The maximum Gasteiger partial charge on any atom is 0.240 e. The van der Waals surface area contributed by atoms with Gasteiger partial charge >= 0.3 is 0 Å². The summed E-state index contributed by atoms with van der Waals surface area (Å²) >= 11 is 5.90. The molecule has 0 bridgehead atoms. The Morgan fingerprint density at radius 1 is 1.03 bits per heavy atom. The highest BCUT2D eigenvalue weighted by atomic mass is 35.5. The van der Waals surface area contributed by atoms with Crippen LogP contribution in [0, 0.1) is 6.92 Å². The predicted molar refractivity (Wildman–Crippen MR) is 131 cm³/mol. The van der Waals surface area contributed by atoms with Gasteiger partial charge in [0.2, 0.25) is 21.2 Å². The Kier molecular flexibility index (Phi) is 6.81. The molecule has 2 aromatic heterocycles. The third kappa shape index (κ3) is 5.03. The minimum absolute atomic E-state index is 0.00508. The summed E-state index contributed by atoms with van der Waals surface area (Å²) in [4.78, 5) is 29.8. The molecule has 0 saturated carbocycles. The molecule has 9 heteroatoms. The van der Waals surface area contributed by atoms with Crippen molar-refractivity contribution in [1.82, 2.24) is 14.9 Å². The summed E-state index contributed by atoms with van der Waals surface area (Å²) in [7, 11) is -4.09. The number of hydrogen-bond acceptors (Lipinski definition) is 5. The Bertz CT molecular complexity index is 1520. The highest BCUT2D eigenvalue weighted by molar-refractivity contribution is 7.91. The standard InChI is InChI=1S/C25H22ClN3O4S/c1-17-7-12-21-24(31)22(34(32,33)20-5-3-2-4-6-20)15-29(25(21)28-17)16-23(30)27-14-13-18-8-10-19(26)11-9-18/h2-12,15H,13-14,16H2,1H3,(H,27,30). The molecule has 174 valence electrons. The fourth-order valence-corrected chi connectivity index (χ4v) is 5.10. The topological polar surface area (TPSA) is 98.1 Å². The molecule has 1 amide bonds. The van der Waals surface area contributed by atoms with E-state index < -0.39 is 20.2 Å². The van der Waals surface area contributed by atoms with Crippen LogP contribution in [0.2, 0.25) is 5.02 Å². The molecular formula is C25H22ClN3O4S. The molecule has 0 aliphatic rings. The lowest BCUT2D eigenvalue weighted by atomic mass is 10.1. The second-order valence-corrected chi connectivity index (χ2v) is 10.2. The molecule has 0 atom stereocenters. The van der Waals surface area contributed by atoms with E-state index in [1.165, 1.54) is 22.9 Å². The number of nitrogens with one attached hydrogen (secondary N) is 1. The molecular weight excluding hydrogens is 474 g/mol. The zero-order chi connectivity index (χ0) is 24.3. The predicted octanol–water partition coefficient (Wildman–Crippen LogP) is 3.55. The van der Waals surface area contributed by atoms with Crippen molar-refractivity contribution in [2.75, 3.05) is 6.54 Å². The fourth-order valence-electron chi connectivity index (χ4n) is 3.58. The lowest BCUT2D eigenvalue weighted by Gasteiger charge is -2.14. The maximum absolute atomic E-state index is 13.2. The van der Waals surface area contributed by atoms with Gasteiger partial charge in [-0.15, -0.1) is 0 Å². The van der Waals surface area contributed by atoms with Gasteiger partial charge < -0.3 is 9.88 Å². The molecule has 2 aromatic carbocycles. The summed E-state index contributed by atoms with van der Waals surface area (Å²) in [6.07, 6.45) is 1.82. The first kappa shape index (κ1) is 23.7. The molecule has 0 radical (unpaired) electrons. The Labute approximate surface area is 202 Å². The Morgan fingerprint density at radius 3 is 2.44 bits per heavy atom. The first-order valence-electron chi connectivity index (χ1n) is 10.6. The SMILES string of the molecule is Cc1ccc2c(=O)c(S(=O)(=O)c3ccccc3)cn(CC(=O)NCCc3ccc(Cl)cc3)c2n1. The maximum atomic E-state index is 13.2. The molecule has 7 nitrogen and oxygen atoms in total. The molecule has 0 unspecified atom stereocenters. The fraction of sp³-hybridized carbons (Fsp3) is 0.160. The number of carbonyl (C=O) groups excluding carboxylic acids is 1. The largest absolute Gasteiger partial charge is 0.354 e. The molecule has 0 fully saturated rings. The van der Waals surface area contributed by atoms with Gasteiger partial charge in [0.25, 0.3) is 0 Å². The van der Waals surface area contributed by atoms with E-state index in [0.29, 0.717) is 23.7 Å². The average Bonchev–Trinajstić information content (AvgIpc) is 2.82. The number of sulfone groups is 1. The van der Waals surface area contributed by atoms with Crippen molar-refractivity contribution in [1.29, 1.82) is 0 Å². The Morgan fingerprint density at radius 2 is 1.74 bits per heavy atom. The number of benzene rings is 2. The van der Waals surface area contributed by atoms with E-state index in [1.807, 2.05) is 12.1 Å². The van der Waals surface area contributed by atoms with E-state index in [-0.39, 0.29) is 28.4 Å². The van der Waals surface area contributed by atoms with E-state index in [1.54, 1.807) is 49.4 Å². The number of aromatic nitrogens is 2. The van der Waals surface area contributed by atoms with Gasteiger partial charge in [0.15, 0.2) is 0 Å². The van der Waals surface area contributed by atoms with E-state index in [0.717, 1.165) is 5.56 Å². The molecule has 0 saturated heterocycles. The van der Waals surface area contributed by atoms with Crippen LogP contribution in [0.1, 0.15) is 11.3 Å². The van der Waals surface area contributed by atoms with Gasteiger partial charge in [0.1, 0.15) is 17.1 Å². The number of halogens is 1. The molecule has 0 aliphatic carbocycles. The number of fused-ring (bicyclic) bond motifs is 1. The van der Waals surface area contributed by atoms with Crippen molar-refractivity contribution in [2.24, 2.45) is 0 Å². The summed E-state index contributed by atoms with van der Waals surface area (Å²) in [6.45, 7) is 1.96. The van der Waals surface area contributed by atoms with Crippen LogP contribution < -0.4 is 10.7 Å². The lowest BCUT2D eigenvalue weighted by Crippen LogP contribution is -2.30. The van der Waals surface area contributed by atoms with Crippen LogP contribution in [-0.2, 0) is 27.6 Å². The highest BCUT2D eigenvalue weighted by Gasteiger charge is 2.24. The van der Waals surface area contributed by atoms with Gasteiger partial charge in [-0.25, -0.2) is 13.4 Å². The van der Waals surface area contributed by atoms with Crippen molar-refractivity contribution in [3.63, 3.8) is 0 Å². The normalized spacial score (nSPS) is 11.5. The number of amides is 1. The van der Waals surface area contributed by atoms with Gasteiger partial charge in [0, 0.05) is 23.5 Å². The Balaban J connectivity index is 1.65. The van der Waals surface area contributed by atoms with E-state index in [2.05, 4.69) is 10.3 Å². The van der Waals surface area contributed by atoms with Crippen molar-refractivity contribution < 1.29 is 13.2 Å². The second kappa shape index (κ2) is 9.79. The monoisotopic (exact) mass is 495 g/mol. The van der Waals surface area contributed by atoms with Gasteiger partial charge in [0.05, 0.1) is 10.3 Å². The first-order chi connectivity index (χ1) is 16.3. The first-order valence-corrected chi connectivity index (χ1v) is 12.4. The van der Waals surface area contributed by atoms with Crippen molar-refractivity contribution in [3.05, 3.63) is 99.4 Å². The number of carbonyl (C=O) groups is 1. The smallest absolute Gasteiger partial charge is 0.240 e. The molecule has 34 heavy (non-hydrogen) atoms. The second-order valence-electron chi connectivity index (χ2n) is 7.82. The quantitative estimate of drug-likeness (QED) is 0.423. The Hall–Kier alpha value is -3.49. The number of rotatable bonds is 7. The van der Waals surface area contributed by atoms with E-state index in [9.17, 15) is 18.0 Å². The molecule has 1 N–H and O–H groups in total. The van der Waals surface area contributed by atoms with Crippen LogP contribution in [0.3, 0.4) is 0 Å². The van der Waals surface area contributed by atoms with Crippen LogP contribution in [0.4, 0.5) is 0 Å². The van der Waals surface area contributed by atoms with Crippen molar-refractivity contribution >= 4 is 38.4 Å². The molecule has 2 heterocycles. The van der Waals surface area contributed by atoms with Gasteiger partial charge in [-0.1, -0.05) is 41.9 Å². The zero-order valence-electron chi connectivity index (χ0n) is 18.4. The molecule has 0 spiro atoms. The summed E-state index contributed by atoms with van der Waals surface area (Å²) < 4.78 is 27.8. The van der Waals surface area contributed by atoms with Gasteiger partial charge in [-0.2, -0.15) is 0 Å². The van der Waals surface area contributed by atoms with Gasteiger partial charge in [-0.3, -0.25) is 9.59 Å². The number of hydrogen-bond donors (Lipinski definition) is 1. The molecule has 0 aliphatic heterocycles. The lowest BCUT2D eigenvalue weighted by molar-refractivity contribution is -0.121. The summed E-state index contributed by atoms with van der Waals surface area (Å²) in [5.41, 5.74) is 1.27. The molecule has 4 aromatic rings. The van der Waals surface area contributed by atoms with Crippen molar-refractivity contribution in [2.45, 2.75) is 29.7 Å². The third-order valence-electron chi connectivity index (χ3n) is 5.33. The zero-order valence-corrected chi connectivity index (χ0v) is 19.9. The summed E-state index contributed by atoms with van der Waals surface area (Å²) in [5.74, 6) is -0.328. The number of nitrogens with zero attached hydrogens (tertiary/aromatic N) is 2. The summed E-state index contributed by atoms with van der Waals surface area (Å²) in [6, 6.07) is 18.3. The third-order valence-corrected chi connectivity index (χ3v) is 7.35.